The molecule has 0 saturated carbocycles. The third kappa shape index (κ3) is 5.44. The number of carbonyl (C=O) groups is 1. The summed E-state index contributed by atoms with van der Waals surface area (Å²) in [6, 6.07) is 22.1. The number of aliphatic hydroxyl groups is 1. The van der Waals surface area contributed by atoms with Gasteiger partial charge >= 0.3 is 0 Å². The molecule has 2 aliphatic rings. The van der Waals surface area contributed by atoms with E-state index < -0.39 is 0 Å². The van der Waals surface area contributed by atoms with Crippen LogP contribution in [0.5, 0.6) is 0 Å². The van der Waals surface area contributed by atoms with E-state index in [1.54, 1.807) is 0 Å². The second-order valence-electron chi connectivity index (χ2n) is 9.02. The molecule has 182 valence electrons. The van der Waals surface area contributed by atoms with Gasteiger partial charge in [0.25, 0.3) is 5.91 Å². The van der Waals surface area contributed by atoms with Gasteiger partial charge in [0.05, 0.1) is 6.61 Å². The second kappa shape index (κ2) is 10.8. The number of aromatic nitrogens is 2. The average molecular weight is 473 g/mol. The minimum atomic E-state index is 0.0750. The number of aliphatic hydroxyl groups excluding tert-OH is 1. The summed E-state index contributed by atoms with van der Waals surface area (Å²) in [6.07, 6.45) is 0. The quantitative estimate of drug-likeness (QED) is 0.590. The summed E-state index contributed by atoms with van der Waals surface area (Å²) in [5.74, 6) is 1.82. The average Bonchev–Trinajstić information content (AvgIpc) is 2.94. The summed E-state index contributed by atoms with van der Waals surface area (Å²) in [5, 5.41) is 18.1. The van der Waals surface area contributed by atoms with E-state index in [2.05, 4.69) is 37.0 Å². The van der Waals surface area contributed by atoms with Crippen molar-refractivity contribution in [3.8, 4) is 11.1 Å². The van der Waals surface area contributed by atoms with Gasteiger partial charge < -0.3 is 19.8 Å². The summed E-state index contributed by atoms with van der Waals surface area (Å²) in [6.45, 7) is 7.36. The van der Waals surface area contributed by atoms with Gasteiger partial charge in [-0.2, -0.15) is 0 Å². The lowest BCUT2D eigenvalue weighted by atomic mass is 10.0. The molecule has 0 radical (unpaired) electrons. The van der Waals surface area contributed by atoms with Crippen molar-refractivity contribution in [3.05, 3.63) is 72.3 Å². The van der Waals surface area contributed by atoms with Gasteiger partial charge in [0, 0.05) is 64.5 Å². The Balaban J connectivity index is 1.14. The van der Waals surface area contributed by atoms with Gasteiger partial charge in [-0.15, -0.1) is 10.2 Å². The predicted octanol–water partition coefficient (Wildman–Crippen LogP) is 2.22. The van der Waals surface area contributed by atoms with Crippen LogP contribution < -0.4 is 9.80 Å². The van der Waals surface area contributed by atoms with Crippen molar-refractivity contribution in [2.45, 2.75) is 0 Å². The van der Waals surface area contributed by atoms with Crippen molar-refractivity contribution in [1.82, 2.24) is 20.0 Å². The molecule has 0 spiro atoms. The largest absolute Gasteiger partial charge is 0.395 e. The van der Waals surface area contributed by atoms with E-state index in [1.165, 1.54) is 0 Å². The van der Waals surface area contributed by atoms with Gasteiger partial charge in [-0.25, -0.2) is 0 Å². The van der Waals surface area contributed by atoms with Crippen molar-refractivity contribution in [2.24, 2.45) is 0 Å². The Hall–Kier alpha value is -3.49. The normalized spacial score (nSPS) is 17.0. The van der Waals surface area contributed by atoms with Gasteiger partial charge in [0.2, 0.25) is 0 Å². The Morgan fingerprint density at radius 2 is 1.23 bits per heavy atom. The maximum absolute atomic E-state index is 13.0. The standard InChI is InChI=1S/C27H32N6O2/c34-21-20-30-12-14-31(15-13-30)25-10-11-26(29-28-25)32-16-18-33(19-17-32)27(35)24-8-6-23(7-9-24)22-4-2-1-3-5-22/h1-11,34H,12-21H2. The number of hydrogen-bond donors (Lipinski definition) is 1. The zero-order chi connectivity index (χ0) is 24.0. The van der Waals surface area contributed by atoms with E-state index in [0.717, 1.165) is 74.1 Å². The van der Waals surface area contributed by atoms with E-state index >= 15 is 0 Å². The van der Waals surface area contributed by atoms with Crippen molar-refractivity contribution in [3.63, 3.8) is 0 Å². The molecule has 3 aromatic rings. The van der Waals surface area contributed by atoms with Crippen molar-refractivity contribution < 1.29 is 9.90 Å². The lowest BCUT2D eigenvalue weighted by Crippen LogP contribution is -2.49. The molecule has 35 heavy (non-hydrogen) atoms. The molecule has 8 heteroatoms. The molecule has 2 saturated heterocycles. The maximum Gasteiger partial charge on any atom is 0.253 e. The number of amides is 1. The van der Waals surface area contributed by atoms with Crippen LogP contribution in [0.4, 0.5) is 11.6 Å². The zero-order valence-electron chi connectivity index (χ0n) is 20.0. The van der Waals surface area contributed by atoms with Crippen LogP contribution in [-0.4, -0.2) is 96.5 Å². The molecule has 2 aliphatic heterocycles. The Bertz CT molecular complexity index is 1090. The molecule has 1 aromatic heterocycles. The minimum Gasteiger partial charge on any atom is -0.395 e. The molecule has 0 unspecified atom stereocenters. The summed E-state index contributed by atoms with van der Waals surface area (Å²) >= 11 is 0. The fraction of sp³-hybridized carbons (Fsp3) is 0.370. The topological polar surface area (TPSA) is 76.0 Å². The van der Waals surface area contributed by atoms with E-state index in [0.29, 0.717) is 13.1 Å². The molecule has 2 aromatic carbocycles. The van der Waals surface area contributed by atoms with Crippen LogP contribution in [0.3, 0.4) is 0 Å². The van der Waals surface area contributed by atoms with Crippen molar-refractivity contribution >= 4 is 17.5 Å². The van der Waals surface area contributed by atoms with E-state index in [-0.39, 0.29) is 12.5 Å². The van der Waals surface area contributed by atoms with Gasteiger partial charge in [-0.3, -0.25) is 9.69 Å². The zero-order valence-corrected chi connectivity index (χ0v) is 20.0. The molecule has 0 bridgehead atoms. The lowest BCUT2D eigenvalue weighted by molar-refractivity contribution is 0.0746. The molecule has 1 amide bonds. The van der Waals surface area contributed by atoms with Crippen LogP contribution in [0, 0.1) is 0 Å². The minimum absolute atomic E-state index is 0.0750. The van der Waals surface area contributed by atoms with Gasteiger partial charge in [-0.05, 0) is 35.4 Å². The van der Waals surface area contributed by atoms with Crippen LogP contribution in [0.1, 0.15) is 10.4 Å². The van der Waals surface area contributed by atoms with Gasteiger partial charge in [-0.1, -0.05) is 42.5 Å². The molecule has 8 nitrogen and oxygen atoms in total. The fourth-order valence-corrected chi connectivity index (χ4v) is 4.75. The maximum atomic E-state index is 13.0. The number of hydrogen-bond acceptors (Lipinski definition) is 7. The lowest BCUT2D eigenvalue weighted by Gasteiger charge is -2.36. The Morgan fingerprint density at radius 1 is 0.686 bits per heavy atom. The number of benzene rings is 2. The summed E-state index contributed by atoms with van der Waals surface area (Å²) in [4.78, 5) is 21.6. The number of rotatable bonds is 6. The number of anilines is 2. The molecule has 0 aliphatic carbocycles. The first-order valence-corrected chi connectivity index (χ1v) is 12.3. The highest BCUT2D eigenvalue weighted by Gasteiger charge is 2.24. The van der Waals surface area contributed by atoms with Crippen LogP contribution in [0.25, 0.3) is 11.1 Å². The molecular weight excluding hydrogens is 440 g/mol. The number of piperazine rings is 2. The fourth-order valence-electron chi connectivity index (χ4n) is 4.75. The molecule has 1 N–H and O–H groups in total. The highest BCUT2D eigenvalue weighted by Crippen LogP contribution is 2.21. The smallest absolute Gasteiger partial charge is 0.253 e. The molecule has 0 atom stereocenters. The second-order valence-corrected chi connectivity index (χ2v) is 9.02. The first-order chi connectivity index (χ1) is 17.2. The third-order valence-electron chi connectivity index (χ3n) is 6.88. The van der Waals surface area contributed by atoms with E-state index in [9.17, 15) is 4.79 Å². The predicted molar refractivity (Wildman–Crippen MR) is 138 cm³/mol. The first-order valence-electron chi connectivity index (χ1n) is 12.3. The highest BCUT2D eigenvalue weighted by atomic mass is 16.3. The third-order valence-corrected chi connectivity index (χ3v) is 6.88. The molecule has 2 fully saturated rings. The van der Waals surface area contributed by atoms with Crippen LogP contribution in [-0.2, 0) is 0 Å². The SMILES string of the molecule is O=C(c1ccc(-c2ccccc2)cc1)N1CCN(c2ccc(N3CCN(CCO)CC3)nn2)CC1. The van der Waals surface area contributed by atoms with Gasteiger partial charge in [0.15, 0.2) is 11.6 Å². The van der Waals surface area contributed by atoms with E-state index in [1.807, 2.05) is 59.5 Å². The molecule has 3 heterocycles. The van der Waals surface area contributed by atoms with Crippen LogP contribution in [0.2, 0.25) is 0 Å². The monoisotopic (exact) mass is 472 g/mol. The van der Waals surface area contributed by atoms with Crippen molar-refractivity contribution in [1.29, 1.82) is 0 Å². The number of carbonyl (C=O) groups excluding carboxylic acids is 1. The Morgan fingerprint density at radius 3 is 1.77 bits per heavy atom. The number of β-amino-alcohol motifs (C(OH)–C–C–N with tert-alkyl or cyclic N) is 1. The van der Waals surface area contributed by atoms with Crippen LogP contribution in [0.15, 0.2) is 66.7 Å². The molecular formula is C27H32N6O2. The molecule has 5 rings (SSSR count). The van der Waals surface area contributed by atoms with Crippen molar-refractivity contribution in [2.75, 3.05) is 75.3 Å². The number of nitrogens with zero attached hydrogens (tertiary/aromatic N) is 6. The Kier molecular flexibility index (Phi) is 7.20. The first kappa shape index (κ1) is 23.3. The highest BCUT2D eigenvalue weighted by molar-refractivity contribution is 5.95. The van der Waals surface area contributed by atoms with E-state index in [4.69, 9.17) is 5.11 Å². The van der Waals surface area contributed by atoms with Crippen LogP contribution >= 0.6 is 0 Å². The summed E-state index contributed by atoms with van der Waals surface area (Å²) < 4.78 is 0. The Labute approximate surface area is 206 Å². The summed E-state index contributed by atoms with van der Waals surface area (Å²) in [5.41, 5.74) is 2.98. The van der Waals surface area contributed by atoms with Gasteiger partial charge in [0.1, 0.15) is 0 Å². The summed E-state index contributed by atoms with van der Waals surface area (Å²) in [7, 11) is 0.